The number of nitrogens with zero attached hydrogens (tertiary/aromatic N) is 1. The van der Waals surface area contributed by atoms with E-state index in [2.05, 4.69) is 29.8 Å². The van der Waals surface area contributed by atoms with Crippen LogP contribution in [0.5, 0.6) is 0 Å². The molecular formula is C15H26N4OS. The van der Waals surface area contributed by atoms with Crippen LogP contribution >= 0.6 is 12.6 Å². The molecule has 1 aliphatic rings. The highest BCUT2D eigenvalue weighted by Gasteiger charge is 2.19. The molecule has 1 amide bonds. The van der Waals surface area contributed by atoms with Crippen molar-refractivity contribution in [2.75, 3.05) is 19.6 Å². The second kappa shape index (κ2) is 7.54. The maximum absolute atomic E-state index is 11.5. The molecule has 1 aliphatic heterocycles. The number of carbonyl (C=O) groups excluding carboxylic acids is 1. The first-order valence-corrected chi connectivity index (χ1v) is 7.62. The van der Waals surface area contributed by atoms with Crippen molar-refractivity contribution in [3.8, 4) is 0 Å². The molecule has 6 heteroatoms. The average molecular weight is 310 g/mol. The lowest BCUT2D eigenvalue weighted by atomic mass is 10.1. The predicted octanol–water partition coefficient (Wildman–Crippen LogP) is 1.89. The van der Waals surface area contributed by atoms with Gasteiger partial charge in [0.2, 0.25) is 5.91 Å². The van der Waals surface area contributed by atoms with Crippen LogP contribution in [0.3, 0.4) is 0 Å². The number of likely N-dealkylation sites (tertiary alicyclic amines) is 1. The Morgan fingerprint density at radius 1 is 1.52 bits per heavy atom. The first-order chi connectivity index (χ1) is 9.69. The third kappa shape index (κ3) is 6.71. The molecule has 5 nitrogen and oxygen atoms in total. The van der Waals surface area contributed by atoms with Gasteiger partial charge in [-0.2, -0.15) is 0 Å². The van der Waals surface area contributed by atoms with Gasteiger partial charge >= 0.3 is 0 Å². The summed E-state index contributed by atoms with van der Waals surface area (Å²) >= 11 is 4.25. The van der Waals surface area contributed by atoms with E-state index in [9.17, 15) is 4.79 Å². The minimum atomic E-state index is -0.168. The molecule has 21 heavy (non-hydrogen) atoms. The zero-order valence-corrected chi connectivity index (χ0v) is 14.0. The summed E-state index contributed by atoms with van der Waals surface area (Å²) in [6.45, 7) is 11.9. The van der Waals surface area contributed by atoms with Crippen molar-refractivity contribution in [1.82, 2.24) is 15.5 Å². The lowest BCUT2D eigenvalue weighted by molar-refractivity contribution is -0.127. The van der Waals surface area contributed by atoms with E-state index in [0.717, 1.165) is 13.0 Å². The van der Waals surface area contributed by atoms with Crippen molar-refractivity contribution >= 4 is 24.4 Å². The molecule has 118 valence electrons. The summed E-state index contributed by atoms with van der Waals surface area (Å²) in [6, 6.07) is 0. The molecule has 0 aromatic rings. The van der Waals surface area contributed by atoms with E-state index in [1.807, 2.05) is 25.7 Å². The second-order valence-electron chi connectivity index (χ2n) is 6.20. The van der Waals surface area contributed by atoms with Gasteiger partial charge in [0.05, 0.1) is 5.70 Å². The lowest BCUT2D eigenvalue weighted by Gasteiger charge is -2.22. The minimum Gasteiger partial charge on any atom is -0.382 e. The number of thiol groups is 1. The summed E-state index contributed by atoms with van der Waals surface area (Å²) in [4.78, 5) is 13.9. The van der Waals surface area contributed by atoms with Gasteiger partial charge in [-0.15, -0.1) is 12.6 Å². The topological polar surface area (TPSA) is 68.2 Å². The highest BCUT2D eigenvalue weighted by molar-refractivity contribution is 7.84. The van der Waals surface area contributed by atoms with Crippen molar-refractivity contribution in [1.29, 1.82) is 5.41 Å². The number of nitrogens with one attached hydrogen (secondary N) is 3. The van der Waals surface area contributed by atoms with Crippen molar-refractivity contribution < 1.29 is 4.79 Å². The largest absolute Gasteiger partial charge is 0.382 e. The summed E-state index contributed by atoms with van der Waals surface area (Å²) in [5, 5.41) is 14.2. The van der Waals surface area contributed by atoms with Crippen LogP contribution in [0.25, 0.3) is 0 Å². The number of hydrogen-bond donors (Lipinski definition) is 4. The standard InChI is InChI=1S/C15H26N4OS/c1-11(21)12(10-13(16)18-15(2,3)4)17-7-9-19-8-5-6-14(19)20/h10,17,21H,1,5-9H2,2-4H3,(H2,16,18)/b12-10+. The number of carbonyl (C=O) groups is 1. The van der Waals surface area contributed by atoms with Gasteiger partial charge in [0.15, 0.2) is 0 Å². The van der Waals surface area contributed by atoms with E-state index in [1.54, 1.807) is 6.08 Å². The van der Waals surface area contributed by atoms with E-state index >= 15 is 0 Å². The summed E-state index contributed by atoms with van der Waals surface area (Å²) in [5.74, 6) is 0.520. The molecule has 0 unspecified atom stereocenters. The Bertz CT molecular complexity index is 451. The van der Waals surface area contributed by atoms with E-state index < -0.39 is 0 Å². The van der Waals surface area contributed by atoms with Crippen LogP contribution in [0.2, 0.25) is 0 Å². The highest BCUT2D eigenvalue weighted by atomic mass is 32.1. The molecule has 1 saturated heterocycles. The molecule has 1 heterocycles. The average Bonchev–Trinajstić information content (AvgIpc) is 2.71. The zero-order valence-electron chi connectivity index (χ0n) is 13.1. The van der Waals surface area contributed by atoms with E-state index in [0.29, 0.717) is 35.9 Å². The molecule has 0 aliphatic carbocycles. The van der Waals surface area contributed by atoms with Gasteiger partial charge in [0.25, 0.3) is 0 Å². The Hall–Kier alpha value is -1.43. The molecule has 0 aromatic heterocycles. The Morgan fingerprint density at radius 2 is 2.19 bits per heavy atom. The monoisotopic (exact) mass is 310 g/mol. The van der Waals surface area contributed by atoms with Crippen LogP contribution in [0.1, 0.15) is 33.6 Å². The molecular weight excluding hydrogens is 284 g/mol. The summed E-state index contributed by atoms with van der Waals surface area (Å²) in [6.07, 6.45) is 3.27. The van der Waals surface area contributed by atoms with Crippen LogP contribution in [0.4, 0.5) is 0 Å². The lowest BCUT2D eigenvalue weighted by Crippen LogP contribution is -2.40. The third-order valence-corrected chi connectivity index (χ3v) is 3.22. The molecule has 3 N–H and O–H groups in total. The first kappa shape index (κ1) is 17.6. The Labute approximate surface area is 132 Å². The number of rotatable bonds is 6. The minimum absolute atomic E-state index is 0.168. The smallest absolute Gasteiger partial charge is 0.222 e. The van der Waals surface area contributed by atoms with Gasteiger partial charge < -0.3 is 15.5 Å². The van der Waals surface area contributed by atoms with Crippen molar-refractivity contribution in [2.45, 2.75) is 39.2 Å². The fraction of sp³-hybridized carbons (Fsp3) is 0.600. The summed E-state index contributed by atoms with van der Waals surface area (Å²) in [7, 11) is 0. The van der Waals surface area contributed by atoms with Gasteiger partial charge in [-0.05, 0) is 27.2 Å². The molecule has 0 saturated carbocycles. The van der Waals surface area contributed by atoms with Crippen molar-refractivity contribution in [3.05, 3.63) is 23.3 Å². The maximum Gasteiger partial charge on any atom is 0.222 e. The number of hydrogen-bond acceptors (Lipinski definition) is 4. The zero-order chi connectivity index (χ0) is 16.0. The van der Waals surface area contributed by atoms with Crippen LogP contribution in [0, 0.1) is 5.41 Å². The van der Waals surface area contributed by atoms with Crippen LogP contribution in [-0.2, 0) is 4.79 Å². The quantitative estimate of drug-likeness (QED) is 0.262. The molecule has 0 bridgehead atoms. The van der Waals surface area contributed by atoms with Crippen molar-refractivity contribution in [3.63, 3.8) is 0 Å². The van der Waals surface area contributed by atoms with Gasteiger partial charge in [-0.1, -0.05) is 6.58 Å². The molecule has 0 atom stereocenters. The van der Waals surface area contributed by atoms with Crippen LogP contribution < -0.4 is 10.6 Å². The van der Waals surface area contributed by atoms with E-state index in [1.165, 1.54) is 0 Å². The number of amidine groups is 1. The van der Waals surface area contributed by atoms with E-state index in [-0.39, 0.29) is 11.4 Å². The molecule has 0 radical (unpaired) electrons. The van der Waals surface area contributed by atoms with Crippen LogP contribution in [0.15, 0.2) is 23.3 Å². The summed E-state index contributed by atoms with van der Waals surface area (Å²) < 4.78 is 0. The van der Waals surface area contributed by atoms with Crippen LogP contribution in [-0.4, -0.2) is 41.8 Å². The SMILES string of the molecule is C=C(S)/C(=C\C(=N)NC(C)(C)C)NCCN1CCCC1=O. The van der Waals surface area contributed by atoms with Crippen molar-refractivity contribution in [2.24, 2.45) is 0 Å². The number of amides is 1. The third-order valence-electron chi connectivity index (χ3n) is 2.98. The Balaban J connectivity index is 2.51. The Morgan fingerprint density at radius 3 is 2.67 bits per heavy atom. The van der Waals surface area contributed by atoms with Gasteiger partial charge in [0, 0.05) is 42.6 Å². The molecule has 1 fully saturated rings. The molecule has 0 spiro atoms. The fourth-order valence-electron chi connectivity index (χ4n) is 2.09. The molecule has 0 aromatic carbocycles. The highest BCUT2D eigenvalue weighted by Crippen LogP contribution is 2.11. The predicted molar refractivity (Wildman–Crippen MR) is 90.6 cm³/mol. The Kier molecular flexibility index (Phi) is 6.33. The molecule has 1 rings (SSSR count). The van der Waals surface area contributed by atoms with Gasteiger partial charge in [-0.25, -0.2) is 0 Å². The van der Waals surface area contributed by atoms with Gasteiger partial charge in [0.1, 0.15) is 5.84 Å². The first-order valence-electron chi connectivity index (χ1n) is 7.17. The maximum atomic E-state index is 11.5. The fourth-order valence-corrected chi connectivity index (χ4v) is 2.23. The normalized spacial score (nSPS) is 16.1. The van der Waals surface area contributed by atoms with Gasteiger partial charge in [-0.3, -0.25) is 10.2 Å². The summed E-state index contributed by atoms with van der Waals surface area (Å²) in [5.41, 5.74) is 0.533. The van der Waals surface area contributed by atoms with E-state index in [4.69, 9.17) is 5.41 Å². The second-order valence-corrected chi connectivity index (χ2v) is 6.74.